The fourth-order valence-corrected chi connectivity index (χ4v) is 2.63. The molecule has 0 aromatic heterocycles. The Kier molecular flexibility index (Phi) is 5.22. The summed E-state index contributed by atoms with van der Waals surface area (Å²) < 4.78 is 0. The van der Waals surface area contributed by atoms with E-state index >= 15 is 0 Å². The summed E-state index contributed by atoms with van der Waals surface area (Å²) >= 11 is 7.00. The third-order valence-electron chi connectivity index (χ3n) is 2.80. The second kappa shape index (κ2) is 6.27. The molecule has 5 nitrogen and oxygen atoms in total. The lowest BCUT2D eigenvalue weighted by atomic mass is 9.86. The highest BCUT2D eigenvalue weighted by Crippen LogP contribution is 2.32. The molecule has 0 spiro atoms. The largest absolute Gasteiger partial charge is 0.480 e. The normalized spacial score (nSPS) is 15.5. The van der Waals surface area contributed by atoms with Gasteiger partial charge in [-0.3, -0.25) is 4.79 Å². The van der Waals surface area contributed by atoms with Gasteiger partial charge in [-0.05, 0) is 12.3 Å². The number of thioether (sulfide) groups is 1. The quantitative estimate of drug-likeness (QED) is 0.740. The molecule has 0 aliphatic carbocycles. The molecule has 0 saturated heterocycles. The molecule has 0 aliphatic heterocycles. The fourth-order valence-electron chi connectivity index (χ4n) is 1.70. The van der Waals surface area contributed by atoms with Gasteiger partial charge < -0.3 is 15.9 Å². The van der Waals surface area contributed by atoms with Gasteiger partial charge in [0.05, 0.1) is 0 Å². The van der Waals surface area contributed by atoms with Crippen LogP contribution in [0.3, 0.4) is 0 Å². The molecule has 0 amide bonds. The first-order valence-electron chi connectivity index (χ1n) is 5.35. The van der Waals surface area contributed by atoms with Gasteiger partial charge in [-0.25, -0.2) is 4.79 Å². The molecule has 0 saturated carbocycles. The summed E-state index contributed by atoms with van der Waals surface area (Å²) in [6.45, 7) is 0. The molecule has 1 rings (SSSR count). The van der Waals surface area contributed by atoms with E-state index in [-0.39, 0.29) is 17.0 Å². The lowest BCUT2D eigenvalue weighted by Gasteiger charge is -2.28. The standard InChI is InChI=1S/C12H14ClNO4S/c1-19-9(10(15)16)6-12(14,11(17)18)7-4-2-3-5-8(7)13/h2-5,9H,6,14H2,1H3,(H,15,16)(H,17,18). The Hall–Kier alpha value is -1.24. The number of hydrogen-bond donors (Lipinski definition) is 3. The van der Waals surface area contributed by atoms with Gasteiger partial charge in [-0.15, -0.1) is 0 Å². The summed E-state index contributed by atoms with van der Waals surface area (Å²) in [6.07, 6.45) is 1.34. The zero-order chi connectivity index (χ0) is 14.6. The minimum Gasteiger partial charge on any atom is -0.480 e. The van der Waals surface area contributed by atoms with Crippen LogP contribution in [-0.2, 0) is 15.1 Å². The van der Waals surface area contributed by atoms with E-state index in [4.69, 9.17) is 22.4 Å². The maximum absolute atomic E-state index is 11.5. The summed E-state index contributed by atoms with van der Waals surface area (Å²) in [7, 11) is 0. The first kappa shape index (κ1) is 15.8. The molecule has 2 atom stereocenters. The smallest absolute Gasteiger partial charge is 0.328 e. The maximum atomic E-state index is 11.5. The fraction of sp³-hybridized carbons (Fsp3) is 0.333. The number of benzene rings is 1. The Bertz CT molecular complexity index is 496. The molecule has 0 radical (unpaired) electrons. The van der Waals surface area contributed by atoms with E-state index in [1.165, 1.54) is 12.1 Å². The second-order valence-electron chi connectivity index (χ2n) is 4.02. The van der Waals surface area contributed by atoms with Crippen molar-refractivity contribution in [1.82, 2.24) is 0 Å². The third-order valence-corrected chi connectivity index (χ3v) is 4.07. The van der Waals surface area contributed by atoms with Crippen LogP contribution >= 0.6 is 23.4 Å². The minimum atomic E-state index is -1.83. The Labute approximate surface area is 119 Å². The lowest BCUT2D eigenvalue weighted by molar-refractivity contribution is -0.144. The first-order valence-corrected chi connectivity index (χ1v) is 7.02. The molecule has 1 aromatic carbocycles. The number of carboxylic acid groups (broad SMARTS) is 2. The van der Waals surface area contributed by atoms with Crippen LogP contribution in [0.25, 0.3) is 0 Å². The van der Waals surface area contributed by atoms with Crippen molar-refractivity contribution in [1.29, 1.82) is 0 Å². The van der Waals surface area contributed by atoms with Crippen LogP contribution in [-0.4, -0.2) is 33.7 Å². The van der Waals surface area contributed by atoms with Gasteiger partial charge in [0, 0.05) is 17.0 Å². The van der Waals surface area contributed by atoms with Gasteiger partial charge in [0.1, 0.15) is 10.8 Å². The van der Waals surface area contributed by atoms with Crippen LogP contribution in [0.15, 0.2) is 24.3 Å². The Balaban J connectivity index is 3.22. The SMILES string of the molecule is CSC(CC(N)(C(=O)O)c1ccccc1Cl)C(=O)O. The first-order chi connectivity index (χ1) is 8.82. The molecule has 4 N–H and O–H groups in total. The number of halogens is 1. The molecular formula is C12H14ClNO4S. The van der Waals surface area contributed by atoms with E-state index in [2.05, 4.69) is 0 Å². The van der Waals surface area contributed by atoms with Crippen molar-refractivity contribution in [3.63, 3.8) is 0 Å². The van der Waals surface area contributed by atoms with E-state index < -0.39 is 22.7 Å². The number of nitrogens with two attached hydrogens (primary N) is 1. The summed E-state index contributed by atoms with van der Waals surface area (Å²) in [6, 6.07) is 6.28. The summed E-state index contributed by atoms with van der Waals surface area (Å²) in [4.78, 5) is 22.5. The van der Waals surface area contributed by atoms with Crippen LogP contribution in [0.1, 0.15) is 12.0 Å². The van der Waals surface area contributed by atoms with E-state index in [1.54, 1.807) is 18.4 Å². The third kappa shape index (κ3) is 3.40. The van der Waals surface area contributed by atoms with Gasteiger partial charge in [0.2, 0.25) is 0 Å². The monoisotopic (exact) mass is 303 g/mol. The van der Waals surface area contributed by atoms with Crippen LogP contribution in [0.2, 0.25) is 5.02 Å². The topological polar surface area (TPSA) is 101 Å². The number of hydrogen-bond acceptors (Lipinski definition) is 4. The van der Waals surface area contributed by atoms with Crippen molar-refractivity contribution in [3.8, 4) is 0 Å². The summed E-state index contributed by atoms with van der Waals surface area (Å²) in [5.41, 5.74) is 4.30. The Morgan fingerprint density at radius 3 is 2.42 bits per heavy atom. The second-order valence-corrected chi connectivity index (χ2v) is 5.47. The summed E-state index contributed by atoms with van der Waals surface area (Å²) in [5.74, 6) is -2.41. The van der Waals surface area contributed by atoms with Gasteiger partial charge in [-0.2, -0.15) is 11.8 Å². The van der Waals surface area contributed by atoms with Crippen molar-refractivity contribution < 1.29 is 19.8 Å². The molecule has 0 heterocycles. The molecular weight excluding hydrogens is 290 g/mol. The van der Waals surface area contributed by atoms with E-state index in [9.17, 15) is 14.7 Å². The van der Waals surface area contributed by atoms with Gasteiger partial charge in [0.25, 0.3) is 0 Å². The van der Waals surface area contributed by atoms with Crippen LogP contribution in [0.5, 0.6) is 0 Å². The van der Waals surface area contributed by atoms with Crippen molar-refractivity contribution in [2.24, 2.45) is 5.73 Å². The van der Waals surface area contributed by atoms with Gasteiger partial charge in [-0.1, -0.05) is 29.8 Å². The number of aliphatic carboxylic acids is 2. The number of rotatable bonds is 6. The average Bonchev–Trinajstić information content (AvgIpc) is 2.35. The highest BCUT2D eigenvalue weighted by atomic mass is 35.5. The van der Waals surface area contributed by atoms with Crippen molar-refractivity contribution >= 4 is 35.3 Å². The highest BCUT2D eigenvalue weighted by Gasteiger charge is 2.41. The zero-order valence-electron chi connectivity index (χ0n) is 10.2. The molecule has 0 aliphatic rings. The molecule has 19 heavy (non-hydrogen) atoms. The minimum absolute atomic E-state index is 0.206. The maximum Gasteiger partial charge on any atom is 0.328 e. The predicted octanol–water partition coefficient (Wildman–Crippen LogP) is 1.78. The summed E-state index contributed by atoms with van der Waals surface area (Å²) in [5, 5.41) is 17.7. The highest BCUT2D eigenvalue weighted by molar-refractivity contribution is 7.99. The zero-order valence-corrected chi connectivity index (χ0v) is 11.7. The molecule has 0 bridgehead atoms. The molecule has 2 unspecified atom stereocenters. The van der Waals surface area contributed by atoms with Crippen molar-refractivity contribution in [2.75, 3.05) is 6.26 Å². The van der Waals surface area contributed by atoms with E-state index in [0.29, 0.717) is 0 Å². The Morgan fingerprint density at radius 2 is 2.00 bits per heavy atom. The molecule has 7 heteroatoms. The van der Waals surface area contributed by atoms with Crippen LogP contribution in [0.4, 0.5) is 0 Å². The predicted molar refractivity (Wildman–Crippen MR) is 74.5 cm³/mol. The lowest BCUT2D eigenvalue weighted by Crippen LogP contribution is -2.48. The van der Waals surface area contributed by atoms with Gasteiger partial charge >= 0.3 is 11.9 Å². The van der Waals surface area contributed by atoms with Gasteiger partial charge in [0.15, 0.2) is 0 Å². The number of carboxylic acids is 2. The van der Waals surface area contributed by atoms with Crippen LogP contribution < -0.4 is 5.73 Å². The van der Waals surface area contributed by atoms with Crippen molar-refractivity contribution in [2.45, 2.75) is 17.2 Å². The average molecular weight is 304 g/mol. The van der Waals surface area contributed by atoms with Crippen LogP contribution in [0, 0.1) is 0 Å². The van der Waals surface area contributed by atoms with Crippen molar-refractivity contribution in [3.05, 3.63) is 34.9 Å². The van der Waals surface area contributed by atoms with E-state index in [1.807, 2.05) is 0 Å². The van der Waals surface area contributed by atoms with E-state index in [0.717, 1.165) is 11.8 Å². The molecule has 0 fully saturated rings. The molecule has 1 aromatic rings. The molecule has 104 valence electrons. The Morgan fingerprint density at radius 1 is 1.42 bits per heavy atom. The number of carbonyl (C=O) groups is 2.